The number of aromatic nitrogens is 3. The maximum Gasteiger partial charge on any atom is 0.239 e. The van der Waals surface area contributed by atoms with Gasteiger partial charge in [0, 0.05) is 5.69 Å². The number of hydrogen-bond donors (Lipinski definition) is 0. The highest BCUT2D eigenvalue weighted by molar-refractivity contribution is 6.29. The van der Waals surface area contributed by atoms with Gasteiger partial charge in [-0.2, -0.15) is 4.98 Å². The monoisotopic (exact) mass is 221 g/mol. The van der Waals surface area contributed by atoms with Crippen molar-refractivity contribution in [1.82, 2.24) is 15.0 Å². The molecule has 15 heavy (non-hydrogen) atoms. The van der Waals surface area contributed by atoms with E-state index >= 15 is 0 Å². The molecule has 0 aromatic carbocycles. The summed E-state index contributed by atoms with van der Waals surface area (Å²) in [4.78, 5) is 11.9. The van der Waals surface area contributed by atoms with Crippen LogP contribution in [0.1, 0.15) is 5.69 Å². The topological polar surface area (TPSA) is 47.9 Å². The minimum absolute atomic E-state index is 0.299. The number of pyridine rings is 1. The van der Waals surface area contributed by atoms with Crippen LogP contribution in [-0.4, -0.2) is 15.0 Å². The molecule has 2 aromatic heterocycles. The number of halogens is 1. The first-order chi connectivity index (χ1) is 7.24. The van der Waals surface area contributed by atoms with Crippen LogP contribution in [0.15, 0.2) is 30.7 Å². The van der Waals surface area contributed by atoms with E-state index in [9.17, 15) is 0 Å². The lowest BCUT2D eigenvalue weighted by Gasteiger charge is -2.03. The van der Waals surface area contributed by atoms with Crippen molar-refractivity contribution < 1.29 is 4.74 Å². The minimum Gasteiger partial charge on any atom is -0.436 e. The molecule has 2 heterocycles. The van der Waals surface area contributed by atoms with Crippen LogP contribution in [-0.2, 0) is 0 Å². The minimum atomic E-state index is 0.299. The van der Waals surface area contributed by atoms with Gasteiger partial charge in [0.2, 0.25) is 5.88 Å². The number of aryl methyl sites for hydroxylation is 1. The Bertz CT molecular complexity index is 458. The van der Waals surface area contributed by atoms with E-state index in [1.807, 2.05) is 19.1 Å². The fraction of sp³-hybridized carbons (Fsp3) is 0.100. The molecule has 5 heteroatoms. The Morgan fingerprint density at radius 1 is 1.20 bits per heavy atom. The normalized spacial score (nSPS) is 10.0. The molecule has 2 aromatic rings. The Morgan fingerprint density at radius 3 is 2.73 bits per heavy atom. The molecule has 0 N–H and O–H groups in total. The molecule has 0 bridgehead atoms. The molecule has 76 valence electrons. The number of hydrogen-bond acceptors (Lipinski definition) is 4. The van der Waals surface area contributed by atoms with Crippen LogP contribution < -0.4 is 4.74 Å². The van der Waals surface area contributed by atoms with E-state index in [1.54, 1.807) is 6.20 Å². The lowest BCUT2D eigenvalue weighted by molar-refractivity contribution is 0.458. The van der Waals surface area contributed by atoms with Crippen molar-refractivity contribution in [2.75, 3.05) is 0 Å². The van der Waals surface area contributed by atoms with Crippen LogP contribution in [0.2, 0.25) is 5.15 Å². The van der Waals surface area contributed by atoms with Gasteiger partial charge in [0.05, 0.1) is 18.6 Å². The zero-order valence-corrected chi connectivity index (χ0v) is 8.77. The van der Waals surface area contributed by atoms with Crippen LogP contribution in [0.5, 0.6) is 11.6 Å². The van der Waals surface area contributed by atoms with Crippen molar-refractivity contribution >= 4 is 11.6 Å². The average molecular weight is 222 g/mol. The third-order valence-electron chi connectivity index (χ3n) is 1.69. The fourth-order valence-corrected chi connectivity index (χ4v) is 1.15. The SMILES string of the molecule is Cc1ccc(Oc2cncc(Cl)n2)cn1. The van der Waals surface area contributed by atoms with Gasteiger partial charge >= 0.3 is 0 Å². The second kappa shape index (κ2) is 4.23. The third-order valence-corrected chi connectivity index (χ3v) is 1.87. The molecule has 0 saturated carbocycles. The summed E-state index contributed by atoms with van der Waals surface area (Å²) in [6, 6.07) is 3.66. The molecule has 0 aliphatic rings. The number of rotatable bonds is 2. The Hall–Kier alpha value is -1.68. The van der Waals surface area contributed by atoms with Crippen LogP contribution in [0.25, 0.3) is 0 Å². The second-order valence-electron chi connectivity index (χ2n) is 2.92. The molecule has 0 unspecified atom stereocenters. The summed E-state index contributed by atoms with van der Waals surface area (Å²) in [6.07, 6.45) is 4.56. The lowest BCUT2D eigenvalue weighted by Crippen LogP contribution is -1.90. The van der Waals surface area contributed by atoms with Crippen molar-refractivity contribution in [2.24, 2.45) is 0 Å². The van der Waals surface area contributed by atoms with Crippen LogP contribution in [0.3, 0.4) is 0 Å². The van der Waals surface area contributed by atoms with Gasteiger partial charge in [-0.15, -0.1) is 0 Å². The molecule has 0 spiro atoms. The van der Waals surface area contributed by atoms with E-state index in [4.69, 9.17) is 16.3 Å². The largest absolute Gasteiger partial charge is 0.436 e. The molecular weight excluding hydrogens is 214 g/mol. The van der Waals surface area contributed by atoms with E-state index in [0.29, 0.717) is 16.8 Å². The zero-order chi connectivity index (χ0) is 10.7. The van der Waals surface area contributed by atoms with E-state index in [-0.39, 0.29) is 0 Å². The van der Waals surface area contributed by atoms with Gasteiger partial charge in [0.1, 0.15) is 5.75 Å². The molecule has 0 radical (unpaired) electrons. The molecule has 2 rings (SSSR count). The standard InChI is InChI=1S/C10H8ClN3O/c1-7-2-3-8(4-13-7)15-10-6-12-5-9(11)14-10/h2-6H,1H3. The summed E-state index contributed by atoms with van der Waals surface area (Å²) in [5.41, 5.74) is 0.930. The smallest absolute Gasteiger partial charge is 0.239 e. The van der Waals surface area contributed by atoms with Crippen LogP contribution in [0.4, 0.5) is 0 Å². The number of nitrogens with zero attached hydrogens (tertiary/aromatic N) is 3. The molecule has 4 nitrogen and oxygen atoms in total. The maximum absolute atomic E-state index is 5.67. The quantitative estimate of drug-likeness (QED) is 0.782. The highest BCUT2D eigenvalue weighted by Crippen LogP contribution is 2.18. The van der Waals surface area contributed by atoms with Gasteiger partial charge in [-0.25, -0.2) is 0 Å². The number of ether oxygens (including phenoxy) is 1. The molecule has 0 amide bonds. The van der Waals surface area contributed by atoms with Crippen LogP contribution in [0, 0.1) is 6.92 Å². The average Bonchev–Trinajstić information content (AvgIpc) is 2.22. The van der Waals surface area contributed by atoms with E-state index in [0.717, 1.165) is 5.69 Å². The fourth-order valence-electron chi connectivity index (χ4n) is 1.01. The van der Waals surface area contributed by atoms with Crippen molar-refractivity contribution in [2.45, 2.75) is 6.92 Å². The Kier molecular flexibility index (Phi) is 2.78. The van der Waals surface area contributed by atoms with Gasteiger partial charge in [-0.1, -0.05) is 11.6 Å². The molecule has 0 aliphatic carbocycles. The van der Waals surface area contributed by atoms with Gasteiger partial charge in [-0.3, -0.25) is 9.97 Å². The van der Waals surface area contributed by atoms with Crippen molar-refractivity contribution in [3.05, 3.63) is 41.6 Å². The third kappa shape index (κ3) is 2.63. The first-order valence-corrected chi connectivity index (χ1v) is 4.70. The van der Waals surface area contributed by atoms with Gasteiger partial charge in [0.25, 0.3) is 0 Å². The van der Waals surface area contributed by atoms with Crippen molar-refractivity contribution in [3.63, 3.8) is 0 Å². The lowest BCUT2D eigenvalue weighted by atomic mass is 10.4. The van der Waals surface area contributed by atoms with Gasteiger partial charge in [0.15, 0.2) is 5.15 Å². The van der Waals surface area contributed by atoms with Gasteiger partial charge < -0.3 is 4.74 Å². The van der Waals surface area contributed by atoms with Crippen LogP contribution >= 0.6 is 11.6 Å². The summed E-state index contributed by atoms with van der Waals surface area (Å²) >= 11 is 5.67. The Labute approximate surface area is 91.9 Å². The Balaban J connectivity index is 2.18. The predicted octanol–water partition coefficient (Wildman–Crippen LogP) is 2.63. The summed E-state index contributed by atoms with van der Waals surface area (Å²) in [5, 5.41) is 0.299. The van der Waals surface area contributed by atoms with Crippen molar-refractivity contribution in [3.8, 4) is 11.6 Å². The van der Waals surface area contributed by atoms with Crippen molar-refractivity contribution in [1.29, 1.82) is 0 Å². The highest BCUT2D eigenvalue weighted by Gasteiger charge is 2.00. The maximum atomic E-state index is 5.67. The molecule has 0 aliphatic heterocycles. The van der Waals surface area contributed by atoms with E-state index in [1.165, 1.54) is 12.4 Å². The molecule has 0 saturated heterocycles. The molecular formula is C10H8ClN3O. The first kappa shape index (κ1) is 9.86. The second-order valence-corrected chi connectivity index (χ2v) is 3.30. The predicted molar refractivity (Wildman–Crippen MR) is 56.1 cm³/mol. The molecule has 0 fully saturated rings. The molecule has 0 atom stereocenters. The van der Waals surface area contributed by atoms with E-state index in [2.05, 4.69) is 15.0 Å². The summed E-state index contributed by atoms with van der Waals surface area (Å²) in [5.74, 6) is 0.963. The zero-order valence-electron chi connectivity index (χ0n) is 8.01. The summed E-state index contributed by atoms with van der Waals surface area (Å²) in [6.45, 7) is 1.91. The summed E-state index contributed by atoms with van der Waals surface area (Å²) < 4.78 is 5.39. The van der Waals surface area contributed by atoms with Gasteiger partial charge in [-0.05, 0) is 19.1 Å². The first-order valence-electron chi connectivity index (χ1n) is 4.32. The van der Waals surface area contributed by atoms with E-state index < -0.39 is 0 Å². The Morgan fingerprint density at radius 2 is 2.07 bits per heavy atom. The highest BCUT2D eigenvalue weighted by atomic mass is 35.5. The summed E-state index contributed by atoms with van der Waals surface area (Å²) in [7, 11) is 0.